The van der Waals surface area contributed by atoms with E-state index in [0.717, 1.165) is 0 Å². The summed E-state index contributed by atoms with van der Waals surface area (Å²) in [6.45, 7) is 0. The van der Waals surface area contributed by atoms with Crippen LogP contribution in [0.1, 0.15) is 0 Å². The number of methoxy groups -OCH3 is 1. The molecule has 0 unspecified atom stereocenters. The summed E-state index contributed by atoms with van der Waals surface area (Å²) in [6, 6.07) is -1.13. The van der Waals surface area contributed by atoms with E-state index in [1.807, 2.05) is 0 Å². The molecule has 2 amide bonds. The summed E-state index contributed by atoms with van der Waals surface area (Å²) >= 11 is 0. The standard InChI is InChI=1S/C7H10N6O4S/c1-13(2)5-8-4(10-7(11-5)17-3)9-6(14)12-18(15)16/h1-3H3,(H,8,9,10,11,14). The maximum absolute atomic E-state index is 11.1. The van der Waals surface area contributed by atoms with E-state index in [0.29, 0.717) is 0 Å². The lowest BCUT2D eigenvalue weighted by atomic mass is 10.7. The van der Waals surface area contributed by atoms with Crippen molar-refractivity contribution in [2.75, 3.05) is 31.4 Å². The number of carbonyl (C=O) groups excluding carboxylic acids is 1. The molecule has 0 saturated heterocycles. The van der Waals surface area contributed by atoms with Crippen molar-refractivity contribution in [2.45, 2.75) is 0 Å². The third-order valence-electron chi connectivity index (χ3n) is 1.56. The van der Waals surface area contributed by atoms with Crippen molar-refractivity contribution in [1.82, 2.24) is 15.0 Å². The molecular formula is C7H10N6O4S. The Kier molecular flexibility index (Phi) is 4.48. The molecule has 0 bridgehead atoms. The number of anilines is 2. The number of amides is 2. The first-order chi connectivity index (χ1) is 8.42. The van der Waals surface area contributed by atoms with E-state index in [1.165, 1.54) is 7.11 Å². The van der Waals surface area contributed by atoms with Gasteiger partial charge >= 0.3 is 22.5 Å². The van der Waals surface area contributed by atoms with Crippen LogP contribution in [-0.2, 0) is 10.5 Å². The first-order valence-electron chi connectivity index (χ1n) is 4.52. The lowest BCUT2D eigenvalue weighted by Crippen LogP contribution is -2.17. The average Bonchev–Trinajstić information content (AvgIpc) is 2.27. The molecule has 0 spiro atoms. The van der Waals surface area contributed by atoms with Crippen molar-refractivity contribution < 1.29 is 17.9 Å². The second-order valence-electron chi connectivity index (χ2n) is 3.08. The topological polar surface area (TPSA) is 127 Å². The highest BCUT2D eigenvalue weighted by molar-refractivity contribution is 7.62. The van der Waals surface area contributed by atoms with E-state index in [2.05, 4.69) is 24.6 Å². The van der Waals surface area contributed by atoms with E-state index in [-0.39, 0.29) is 17.9 Å². The largest absolute Gasteiger partial charge is 0.467 e. The van der Waals surface area contributed by atoms with E-state index in [4.69, 9.17) is 4.74 Å². The van der Waals surface area contributed by atoms with Crippen molar-refractivity contribution in [2.24, 2.45) is 4.36 Å². The lowest BCUT2D eigenvalue weighted by molar-refractivity contribution is 0.259. The number of ether oxygens (including phenoxy) is 1. The van der Waals surface area contributed by atoms with Crippen LogP contribution in [-0.4, -0.2) is 50.6 Å². The van der Waals surface area contributed by atoms with E-state index in [9.17, 15) is 13.2 Å². The minimum absolute atomic E-state index is 0.0211. The SMILES string of the molecule is COc1nc(NC(=O)N=S(=O)=O)nc(N(C)C)n1. The number of nitrogens with zero attached hydrogens (tertiary/aromatic N) is 5. The van der Waals surface area contributed by atoms with E-state index >= 15 is 0 Å². The molecule has 10 nitrogen and oxygen atoms in total. The summed E-state index contributed by atoms with van der Waals surface area (Å²) in [5, 5.41) is 2.08. The number of urea groups is 1. The fourth-order valence-electron chi connectivity index (χ4n) is 0.879. The molecular weight excluding hydrogens is 264 g/mol. The normalized spacial score (nSPS) is 9.50. The summed E-state index contributed by atoms with van der Waals surface area (Å²) < 4.78 is 27.9. The zero-order valence-electron chi connectivity index (χ0n) is 9.78. The van der Waals surface area contributed by atoms with Crippen LogP contribution in [0.3, 0.4) is 0 Å². The quantitative estimate of drug-likeness (QED) is 0.784. The number of rotatable bonds is 3. The van der Waals surface area contributed by atoms with Gasteiger partial charge in [0, 0.05) is 14.1 Å². The van der Waals surface area contributed by atoms with Gasteiger partial charge in [-0.3, -0.25) is 5.32 Å². The average molecular weight is 274 g/mol. The van der Waals surface area contributed by atoms with Crippen LogP contribution in [0.15, 0.2) is 4.36 Å². The van der Waals surface area contributed by atoms with Crippen molar-refractivity contribution in [3.8, 4) is 6.01 Å². The molecule has 0 atom stereocenters. The number of aromatic nitrogens is 3. The molecule has 0 aliphatic carbocycles. The molecule has 18 heavy (non-hydrogen) atoms. The second-order valence-corrected chi connectivity index (χ2v) is 3.70. The van der Waals surface area contributed by atoms with Crippen LogP contribution in [0.4, 0.5) is 16.7 Å². The second kappa shape index (κ2) is 5.86. The van der Waals surface area contributed by atoms with Crippen LogP contribution in [0.25, 0.3) is 0 Å². The summed E-state index contributed by atoms with van der Waals surface area (Å²) in [5.41, 5.74) is 0. The predicted molar refractivity (Wildman–Crippen MR) is 61.1 cm³/mol. The Balaban J connectivity index is 3.05. The van der Waals surface area contributed by atoms with E-state index in [1.54, 1.807) is 19.0 Å². The monoisotopic (exact) mass is 274 g/mol. The first kappa shape index (κ1) is 13.8. The maximum Gasteiger partial charge on any atom is 0.362 e. The van der Waals surface area contributed by atoms with Crippen LogP contribution in [0.2, 0.25) is 0 Å². The minimum Gasteiger partial charge on any atom is -0.467 e. The smallest absolute Gasteiger partial charge is 0.362 e. The molecule has 0 aliphatic rings. The lowest BCUT2D eigenvalue weighted by Gasteiger charge is -2.11. The highest BCUT2D eigenvalue weighted by atomic mass is 32.2. The molecule has 1 aromatic rings. The molecule has 98 valence electrons. The highest BCUT2D eigenvalue weighted by Gasteiger charge is 2.10. The number of nitrogens with one attached hydrogen (secondary N) is 1. The molecule has 1 aromatic heterocycles. The Labute approximate surface area is 104 Å². The maximum atomic E-state index is 11.1. The van der Waals surface area contributed by atoms with Gasteiger partial charge in [0.15, 0.2) is 0 Å². The first-order valence-corrected chi connectivity index (χ1v) is 5.55. The number of hydrogen-bond acceptors (Lipinski definition) is 8. The summed E-state index contributed by atoms with van der Waals surface area (Å²) in [5.74, 6) is 0.0742. The van der Waals surface area contributed by atoms with E-state index < -0.39 is 16.5 Å². The number of hydrogen-bond donors (Lipinski definition) is 1. The van der Waals surface area contributed by atoms with Gasteiger partial charge in [0.1, 0.15) is 0 Å². The molecule has 1 N–H and O–H groups in total. The van der Waals surface area contributed by atoms with Gasteiger partial charge < -0.3 is 9.64 Å². The molecule has 0 radical (unpaired) electrons. The molecule has 0 saturated carbocycles. The Bertz CT molecular complexity index is 576. The molecule has 0 fully saturated rings. The van der Waals surface area contributed by atoms with Crippen molar-refractivity contribution in [3.05, 3.63) is 0 Å². The van der Waals surface area contributed by atoms with Crippen molar-refractivity contribution >= 4 is 28.4 Å². The van der Waals surface area contributed by atoms with Gasteiger partial charge in [-0.05, 0) is 0 Å². The molecule has 1 rings (SSSR count). The zero-order valence-corrected chi connectivity index (χ0v) is 10.6. The van der Waals surface area contributed by atoms with Gasteiger partial charge in [-0.15, -0.1) is 0 Å². The fraction of sp³-hybridized carbons (Fsp3) is 0.429. The van der Waals surface area contributed by atoms with Crippen LogP contribution in [0, 0.1) is 0 Å². The summed E-state index contributed by atoms with van der Waals surface area (Å²) in [4.78, 5) is 24.1. The van der Waals surface area contributed by atoms with Crippen molar-refractivity contribution in [1.29, 1.82) is 0 Å². The minimum atomic E-state index is -2.84. The van der Waals surface area contributed by atoms with Gasteiger partial charge in [0.05, 0.1) is 7.11 Å². The number of carbonyl (C=O) groups is 1. The van der Waals surface area contributed by atoms with Crippen LogP contribution in [0.5, 0.6) is 6.01 Å². The Morgan fingerprint density at radius 1 is 1.33 bits per heavy atom. The molecule has 0 aromatic carbocycles. The highest BCUT2D eigenvalue weighted by Crippen LogP contribution is 2.12. The summed E-state index contributed by atoms with van der Waals surface area (Å²) in [7, 11) is 1.86. The van der Waals surface area contributed by atoms with Gasteiger partial charge in [-0.25, -0.2) is 4.79 Å². The third kappa shape index (κ3) is 3.93. The fourth-order valence-corrected chi connectivity index (χ4v) is 1.06. The van der Waals surface area contributed by atoms with Crippen LogP contribution < -0.4 is 15.0 Å². The van der Waals surface area contributed by atoms with Crippen LogP contribution >= 0.6 is 0 Å². The van der Waals surface area contributed by atoms with Gasteiger partial charge in [-0.2, -0.15) is 23.4 Å². The van der Waals surface area contributed by atoms with Gasteiger partial charge in [0.2, 0.25) is 11.9 Å². The van der Waals surface area contributed by atoms with Crippen molar-refractivity contribution in [3.63, 3.8) is 0 Å². The summed E-state index contributed by atoms with van der Waals surface area (Å²) in [6.07, 6.45) is 0. The third-order valence-corrected chi connectivity index (χ3v) is 1.88. The van der Waals surface area contributed by atoms with Gasteiger partial charge in [0.25, 0.3) is 0 Å². The molecule has 11 heteroatoms. The molecule has 0 aliphatic heterocycles. The Hall–Kier alpha value is -2.30. The molecule has 1 heterocycles. The van der Waals surface area contributed by atoms with Gasteiger partial charge in [-0.1, -0.05) is 4.36 Å². The predicted octanol–water partition coefficient (Wildman–Crippen LogP) is -0.459. The zero-order chi connectivity index (χ0) is 13.7. The Morgan fingerprint density at radius 3 is 2.50 bits per heavy atom. The Morgan fingerprint density at radius 2 is 2.00 bits per heavy atom.